The van der Waals surface area contributed by atoms with Gasteiger partial charge in [-0.15, -0.1) is 0 Å². The van der Waals surface area contributed by atoms with E-state index in [9.17, 15) is 9.90 Å². The molecule has 3 N–H and O–H groups in total. The molecule has 0 fully saturated rings. The van der Waals surface area contributed by atoms with E-state index >= 15 is 0 Å². The molecule has 0 aliphatic rings. The fraction of sp³-hybridized carbons (Fsp3) is 0.909. The van der Waals surface area contributed by atoms with E-state index in [4.69, 9.17) is 0 Å². The normalized spacial score (nSPS) is 14.9. The van der Waals surface area contributed by atoms with Crippen molar-refractivity contribution >= 4 is 5.91 Å². The largest absolute Gasteiger partial charge is 0.390 e. The van der Waals surface area contributed by atoms with Crippen molar-refractivity contribution in [1.29, 1.82) is 0 Å². The smallest absolute Gasteiger partial charge is 0.236 e. The first-order valence-corrected chi connectivity index (χ1v) is 5.81. The molecule has 5 heteroatoms. The predicted octanol–water partition coefficient (Wildman–Crippen LogP) is -0.587. The van der Waals surface area contributed by atoms with E-state index in [2.05, 4.69) is 10.6 Å². The second-order valence-corrected chi connectivity index (χ2v) is 4.34. The van der Waals surface area contributed by atoms with Gasteiger partial charge in [0, 0.05) is 19.6 Å². The summed E-state index contributed by atoms with van der Waals surface area (Å²) in [5.74, 6) is -0.0149. The molecule has 0 aromatic carbocycles. The molecule has 5 nitrogen and oxygen atoms in total. The molecule has 0 radical (unpaired) electrons. The number of rotatable bonds is 8. The van der Waals surface area contributed by atoms with Crippen LogP contribution in [0.1, 0.15) is 20.3 Å². The Balaban J connectivity index is 3.70. The highest BCUT2D eigenvalue weighted by molar-refractivity contribution is 5.81. The van der Waals surface area contributed by atoms with Gasteiger partial charge in [-0.1, -0.05) is 6.92 Å². The fourth-order valence-corrected chi connectivity index (χ4v) is 1.29. The number of amides is 1. The van der Waals surface area contributed by atoms with Crippen LogP contribution in [-0.2, 0) is 4.79 Å². The Hall–Kier alpha value is -0.650. The lowest BCUT2D eigenvalue weighted by Gasteiger charge is -2.19. The fourth-order valence-electron chi connectivity index (χ4n) is 1.29. The first-order valence-electron chi connectivity index (χ1n) is 5.81. The molecule has 0 heterocycles. The summed E-state index contributed by atoms with van der Waals surface area (Å²) in [6, 6.07) is -0.261. The summed E-state index contributed by atoms with van der Waals surface area (Å²) < 4.78 is 0. The molecule has 0 aromatic heterocycles. The number of nitrogens with one attached hydrogen (secondary N) is 2. The molecular weight excluding hydrogens is 206 g/mol. The third kappa shape index (κ3) is 7.62. The Labute approximate surface area is 98.2 Å². The van der Waals surface area contributed by atoms with E-state index in [0.717, 1.165) is 6.42 Å². The van der Waals surface area contributed by atoms with Gasteiger partial charge in [-0.25, -0.2) is 0 Å². The molecule has 0 bridgehead atoms. The number of nitrogens with zero attached hydrogens (tertiary/aromatic N) is 1. The summed E-state index contributed by atoms with van der Waals surface area (Å²) in [4.78, 5) is 13.4. The average molecular weight is 231 g/mol. The van der Waals surface area contributed by atoms with Crippen LogP contribution < -0.4 is 10.6 Å². The highest BCUT2D eigenvalue weighted by Crippen LogP contribution is 1.88. The second kappa shape index (κ2) is 8.50. The number of hydrogen-bond acceptors (Lipinski definition) is 4. The lowest BCUT2D eigenvalue weighted by molar-refractivity contribution is -0.122. The number of hydrogen-bond donors (Lipinski definition) is 3. The molecule has 0 aliphatic carbocycles. The first kappa shape index (κ1) is 15.3. The SMILES string of the molecule is CCCNC(=O)C(C)NCC(O)CN(C)C. The minimum absolute atomic E-state index is 0.0149. The molecule has 2 atom stereocenters. The first-order chi connectivity index (χ1) is 7.47. The highest BCUT2D eigenvalue weighted by atomic mass is 16.3. The van der Waals surface area contributed by atoms with Gasteiger partial charge >= 0.3 is 0 Å². The van der Waals surface area contributed by atoms with Gasteiger partial charge in [-0.05, 0) is 27.4 Å². The van der Waals surface area contributed by atoms with Gasteiger partial charge in [0.1, 0.15) is 0 Å². The van der Waals surface area contributed by atoms with Gasteiger partial charge in [0.15, 0.2) is 0 Å². The van der Waals surface area contributed by atoms with Crippen molar-refractivity contribution < 1.29 is 9.90 Å². The van der Waals surface area contributed by atoms with Crippen LogP contribution in [0.25, 0.3) is 0 Å². The molecule has 0 spiro atoms. The zero-order valence-corrected chi connectivity index (χ0v) is 10.8. The number of carbonyl (C=O) groups is 1. The van der Waals surface area contributed by atoms with Crippen LogP contribution >= 0.6 is 0 Å². The number of likely N-dealkylation sites (N-methyl/N-ethyl adjacent to an activating group) is 1. The predicted molar refractivity (Wildman–Crippen MR) is 65.3 cm³/mol. The van der Waals surface area contributed by atoms with Crippen LogP contribution in [0.2, 0.25) is 0 Å². The quantitative estimate of drug-likeness (QED) is 0.523. The molecule has 0 aromatic rings. The number of aliphatic hydroxyl groups is 1. The maximum atomic E-state index is 11.5. The van der Waals surface area contributed by atoms with Crippen LogP contribution in [0.15, 0.2) is 0 Å². The summed E-state index contributed by atoms with van der Waals surface area (Å²) in [6.45, 7) is 5.53. The van der Waals surface area contributed by atoms with E-state index in [1.54, 1.807) is 6.92 Å². The van der Waals surface area contributed by atoms with Crippen molar-refractivity contribution in [2.45, 2.75) is 32.4 Å². The van der Waals surface area contributed by atoms with E-state index in [1.807, 2.05) is 25.9 Å². The third-order valence-corrected chi connectivity index (χ3v) is 2.18. The summed E-state index contributed by atoms with van der Waals surface area (Å²) in [5, 5.41) is 15.4. The molecule has 16 heavy (non-hydrogen) atoms. The molecule has 0 saturated heterocycles. The Kier molecular flexibility index (Phi) is 8.15. The summed E-state index contributed by atoms with van der Waals surface area (Å²) in [5.41, 5.74) is 0. The van der Waals surface area contributed by atoms with E-state index in [-0.39, 0.29) is 11.9 Å². The van der Waals surface area contributed by atoms with Gasteiger partial charge in [0.25, 0.3) is 0 Å². The van der Waals surface area contributed by atoms with Gasteiger partial charge in [-0.3, -0.25) is 4.79 Å². The van der Waals surface area contributed by atoms with Crippen molar-refractivity contribution in [3.05, 3.63) is 0 Å². The van der Waals surface area contributed by atoms with Crippen LogP contribution in [-0.4, -0.2) is 61.8 Å². The summed E-state index contributed by atoms with van der Waals surface area (Å²) >= 11 is 0. The van der Waals surface area contributed by atoms with Gasteiger partial charge in [0.05, 0.1) is 12.1 Å². The Morgan fingerprint density at radius 1 is 1.44 bits per heavy atom. The lowest BCUT2D eigenvalue weighted by atomic mass is 10.2. The van der Waals surface area contributed by atoms with E-state index in [1.165, 1.54) is 0 Å². The average Bonchev–Trinajstić information content (AvgIpc) is 2.21. The minimum Gasteiger partial charge on any atom is -0.390 e. The Morgan fingerprint density at radius 2 is 2.06 bits per heavy atom. The van der Waals surface area contributed by atoms with Crippen molar-refractivity contribution in [1.82, 2.24) is 15.5 Å². The van der Waals surface area contributed by atoms with Gasteiger partial charge in [-0.2, -0.15) is 0 Å². The molecule has 0 aliphatic heterocycles. The summed E-state index contributed by atoms with van der Waals surface area (Å²) in [7, 11) is 3.81. The number of aliphatic hydroxyl groups excluding tert-OH is 1. The molecule has 2 unspecified atom stereocenters. The van der Waals surface area contributed by atoms with Gasteiger partial charge < -0.3 is 20.6 Å². The minimum atomic E-state index is -0.448. The molecule has 1 amide bonds. The van der Waals surface area contributed by atoms with Crippen molar-refractivity contribution in [2.75, 3.05) is 33.7 Å². The monoisotopic (exact) mass is 231 g/mol. The highest BCUT2D eigenvalue weighted by Gasteiger charge is 2.13. The van der Waals surface area contributed by atoms with Crippen molar-refractivity contribution in [2.24, 2.45) is 0 Å². The van der Waals surface area contributed by atoms with Crippen molar-refractivity contribution in [3.63, 3.8) is 0 Å². The zero-order chi connectivity index (χ0) is 12.6. The molecule has 0 rings (SSSR count). The van der Waals surface area contributed by atoms with Crippen LogP contribution in [0.5, 0.6) is 0 Å². The third-order valence-electron chi connectivity index (χ3n) is 2.18. The standard InChI is InChI=1S/C11H25N3O2/c1-5-6-12-11(16)9(2)13-7-10(15)8-14(3)4/h9-10,13,15H,5-8H2,1-4H3,(H,12,16). The van der Waals surface area contributed by atoms with Crippen LogP contribution in [0.3, 0.4) is 0 Å². The maximum Gasteiger partial charge on any atom is 0.236 e. The van der Waals surface area contributed by atoms with E-state index < -0.39 is 6.10 Å². The maximum absolute atomic E-state index is 11.5. The van der Waals surface area contributed by atoms with E-state index in [0.29, 0.717) is 19.6 Å². The van der Waals surface area contributed by atoms with Crippen molar-refractivity contribution in [3.8, 4) is 0 Å². The summed E-state index contributed by atoms with van der Waals surface area (Å²) in [6.07, 6.45) is 0.485. The number of carbonyl (C=O) groups excluding carboxylic acids is 1. The molecule has 0 saturated carbocycles. The molecule has 96 valence electrons. The Bertz CT molecular complexity index is 198. The zero-order valence-electron chi connectivity index (χ0n) is 10.8. The molecular formula is C11H25N3O2. The van der Waals surface area contributed by atoms with Crippen LogP contribution in [0.4, 0.5) is 0 Å². The van der Waals surface area contributed by atoms with Crippen LogP contribution in [0, 0.1) is 0 Å². The second-order valence-electron chi connectivity index (χ2n) is 4.34. The Morgan fingerprint density at radius 3 is 2.56 bits per heavy atom. The topological polar surface area (TPSA) is 64.6 Å². The van der Waals surface area contributed by atoms with Gasteiger partial charge in [0.2, 0.25) is 5.91 Å². The lowest BCUT2D eigenvalue weighted by Crippen LogP contribution is -2.46.